The van der Waals surface area contributed by atoms with Gasteiger partial charge >= 0.3 is 0 Å². The Balaban J connectivity index is 2.44. The first-order valence-corrected chi connectivity index (χ1v) is 5.93. The molecule has 1 atom stereocenters. The van der Waals surface area contributed by atoms with Crippen LogP contribution in [0.5, 0.6) is 0 Å². The third kappa shape index (κ3) is 2.61. The molecular formula is C13H15ClN4. The van der Waals surface area contributed by atoms with Crippen LogP contribution in [0.4, 0.5) is 5.82 Å². The largest absolute Gasteiger partial charge is 0.383 e. The lowest BCUT2D eigenvalue weighted by Crippen LogP contribution is -2.29. The summed E-state index contributed by atoms with van der Waals surface area (Å²) in [5.74, 6) is 6.04. The van der Waals surface area contributed by atoms with Gasteiger partial charge < -0.3 is 5.73 Å². The summed E-state index contributed by atoms with van der Waals surface area (Å²) in [6.07, 6.45) is 1.52. The van der Waals surface area contributed by atoms with E-state index in [-0.39, 0.29) is 6.04 Å². The smallest absolute Gasteiger partial charge is 0.128 e. The monoisotopic (exact) mass is 262 g/mol. The van der Waals surface area contributed by atoms with Gasteiger partial charge in [0, 0.05) is 11.8 Å². The van der Waals surface area contributed by atoms with Gasteiger partial charge in [0.15, 0.2) is 0 Å². The first-order valence-electron chi connectivity index (χ1n) is 5.55. The molecule has 1 aromatic heterocycles. The van der Waals surface area contributed by atoms with E-state index in [2.05, 4.69) is 10.4 Å². The molecule has 0 aliphatic heterocycles. The number of rotatable bonds is 3. The number of hydrazine groups is 1. The maximum absolute atomic E-state index is 5.94. The number of nitrogens with two attached hydrogens (primary N) is 2. The maximum Gasteiger partial charge on any atom is 0.128 e. The van der Waals surface area contributed by atoms with E-state index < -0.39 is 0 Å². The molecule has 1 aromatic carbocycles. The maximum atomic E-state index is 5.94. The van der Waals surface area contributed by atoms with Crippen molar-refractivity contribution in [2.45, 2.75) is 13.0 Å². The molecule has 1 unspecified atom stereocenters. The van der Waals surface area contributed by atoms with Crippen molar-refractivity contribution in [1.29, 1.82) is 0 Å². The van der Waals surface area contributed by atoms with Crippen LogP contribution in [-0.4, -0.2) is 4.98 Å². The Morgan fingerprint density at radius 1 is 1.28 bits per heavy atom. The molecule has 18 heavy (non-hydrogen) atoms. The Bertz CT molecular complexity index is 539. The van der Waals surface area contributed by atoms with Crippen LogP contribution < -0.4 is 17.0 Å². The average molecular weight is 263 g/mol. The lowest BCUT2D eigenvalue weighted by Gasteiger charge is -2.18. The van der Waals surface area contributed by atoms with Crippen LogP contribution in [-0.2, 0) is 0 Å². The molecule has 4 nitrogen and oxygen atoms in total. The fourth-order valence-electron chi connectivity index (χ4n) is 1.82. The van der Waals surface area contributed by atoms with E-state index in [4.69, 9.17) is 23.2 Å². The number of aryl methyl sites for hydroxylation is 1. The molecule has 5 heteroatoms. The molecule has 0 aliphatic carbocycles. The van der Waals surface area contributed by atoms with Gasteiger partial charge in [-0.25, -0.2) is 10.4 Å². The lowest BCUT2D eigenvalue weighted by molar-refractivity contribution is 0.636. The molecule has 94 valence electrons. The van der Waals surface area contributed by atoms with Crippen LogP contribution in [0.3, 0.4) is 0 Å². The lowest BCUT2D eigenvalue weighted by atomic mass is 9.99. The second-order valence-electron chi connectivity index (χ2n) is 4.14. The summed E-state index contributed by atoms with van der Waals surface area (Å²) in [7, 11) is 0. The minimum atomic E-state index is -0.225. The van der Waals surface area contributed by atoms with Crippen molar-refractivity contribution in [3.63, 3.8) is 0 Å². The van der Waals surface area contributed by atoms with Crippen molar-refractivity contribution in [3.8, 4) is 0 Å². The number of aromatic nitrogens is 1. The average Bonchev–Trinajstić information content (AvgIpc) is 2.37. The summed E-state index contributed by atoms with van der Waals surface area (Å²) in [6, 6.07) is 9.59. The fraction of sp³-hybridized carbons (Fsp3) is 0.154. The summed E-state index contributed by atoms with van der Waals surface area (Å²) >= 11 is 5.94. The summed E-state index contributed by atoms with van der Waals surface area (Å²) in [5.41, 5.74) is 11.6. The first-order chi connectivity index (χ1) is 8.61. The molecule has 0 spiro atoms. The Morgan fingerprint density at radius 2 is 1.94 bits per heavy atom. The molecule has 0 amide bonds. The number of halogens is 1. The number of hydrogen-bond donors (Lipinski definition) is 3. The third-order valence-electron chi connectivity index (χ3n) is 2.80. The minimum absolute atomic E-state index is 0.225. The van der Waals surface area contributed by atoms with Gasteiger partial charge in [-0.2, -0.15) is 0 Å². The summed E-state index contributed by atoms with van der Waals surface area (Å²) in [4.78, 5) is 4.04. The predicted octanol–water partition coefficient (Wildman–Crippen LogP) is 2.18. The van der Waals surface area contributed by atoms with Crippen molar-refractivity contribution in [1.82, 2.24) is 10.4 Å². The standard InChI is InChI=1S/C13H15ClN4/c1-8-2-4-9(5-3-8)12(18-16)11-6-10(14)7-17-13(11)15/h2-7,12,18H,16H2,1H3,(H2,15,17). The highest BCUT2D eigenvalue weighted by Gasteiger charge is 2.16. The van der Waals surface area contributed by atoms with E-state index >= 15 is 0 Å². The Morgan fingerprint density at radius 3 is 2.56 bits per heavy atom. The Kier molecular flexibility index (Phi) is 3.81. The molecule has 0 aliphatic rings. The fourth-order valence-corrected chi connectivity index (χ4v) is 1.99. The summed E-state index contributed by atoms with van der Waals surface area (Å²) in [6.45, 7) is 2.03. The van der Waals surface area contributed by atoms with Crippen LogP contribution >= 0.6 is 11.6 Å². The highest BCUT2D eigenvalue weighted by atomic mass is 35.5. The molecule has 0 saturated carbocycles. The van der Waals surface area contributed by atoms with E-state index in [1.165, 1.54) is 11.8 Å². The third-order valence-corrected chi connectivity index (χ3v) is 3.01. The molecule has 0 radical (unpaired) electrons. The van der Waals surface area contributed by atoms with Gasteiger partial charge in [-0.3, -0.25) is 5.84 Å². The van der Waals surface area contributed by atoms with Gasteiger partial charge in [0.05, 0.1) is 11.1 Å². The number of nitrogens with one attached hydrogen (secondary N) is 1. The van der Waals surface area contributed by atoms with E-state index in [0.29, 0.717) is 10.8 Å². The number of benzene rings is 1. The van der Waals surface area contributed by atoms with Crippen LogP contribution in [0.2, 0.25) is 5.02 Å². The summed E-state index contributed by atoms with van der Waals surface area (Å²) in [5, 5.41) is 0.534. The Labute approximate surface area is 111 Å². The molecule has 2 rings (SSSR count). The second-order valence-corrected chi connectivity index (χ2v) is 4.57. The number of anilines is 1. The van der Waals surface area contributed by atoms with Crippen LogP contribution in [0, 0.1) is 6.92 Å². The van der Waals surface area contributed by atoms with Crippen LogP contribution in [0.1, 0.15) is 22.7 Å². The van der Waals surface area contributed by atoms with E-state index in [9.17, 15) is 0 Å². The van der Waals surface area contributed by atoms with E-state index in [1.54, 1.807) is 6.07 Å². The Hall–Kier alpha value is -1.62. The highest BCUT2D eigenvalue weighted by Crippen LogP contribution is 2.27. The molecular weight excluding hydrogens is 248 g/mol. The van der Waals surface area contributed by atoms with Gasteiger partial charge in [-0.1, -0.05) is 41.4 Å². The van der Waals surface area contributed by atoms with Gasteiger partial charge in [-0.05, 0) is 18.6 Å². The van der Waals surface area contributed by atoms with Crippen molar-refractivity contribution in [2.75, 3.05) is 5.73 Å². The van der Waals surface area contributed by atoms with Gasteiger partial charge in [-0.15, -0.1) is 0 Å². The van der Waals surface area contributed by atoms with Crippen molar-refractivity contribution in [2.24, 2.45) is 5.84 Å². The zero-order chi connectivity index (χ0) is 13.1. The van der Waals surface area contributed by atoms with Crippen LogP contribution in [0.25, 0.3) is 0 Å². The molecule has 0 saturated heterocycles. The van der Waals surface area contributed by atoms with E-state index in [1.807, 2.05) is 31.2 Å². The molecule has 1 heterocycles. The van der Waals surface area contributed by atoms with E-state index in [0.717, 1.165) is 11.1 Å². The van der Waals surface area contributed by atoms with Crippen LogP contribution in [0.15, 0.2) is 36.5 Å². The molecule has 5 N–H and O–H groups in total. The second kappa shape index (κ2) is 5.35. The topological polar surface area (TPSA) is 77.0 Å². The van der Waals surface area contributed by atoms with Gasteiger partial charge in [0.2, 0.25) is 0 Å². The molecule has 0 fully saturated rings. The predicted molar refractivity (Wildman–Crippen MR) is 74.0 cm³/mol. The zero-order valence-corrected chi connectivity index (χ0v) is 10.8. The number of nitrogens with zero attached hydrogens (tertiary/aromatic N) is 1. The van der Waals surface area contributed by atoms with Crippen molar-refractivity contribution < 1.29 is 0 Å². The normalized spacial score (nSPS) is 12.4. The van der Waals surface area contributed by atoms with Crippen molar-refractivity contribution >= 4 is 17.4 Å². The highest BCUT2D eigenvalue weighted by molar-refractivity contribution is 6.30. The SMILES string of the molecule is Cc1ccc(C(NN)c2cc(Cl)cnc2N)cc1. The first kappa shape index (κ1) is 12.8. The van der Waals surface area contributed by atoms with Gasteiger partial charge in [0.1, 0.15) is 5.82 Å². The number of nitrogen functional groups attached to an aromatic ring is 1. The number of hydrogen-bond acceptors (Lipinski definition) is 4. The molecule has 2 aromatic rings. The summed E-state index contributed by atoms with van der Waals surface area (Å²) < 4.78 is 0. The molecule has 0 bridgehead atoms. The quantitative estimate of drug-likeness (QED) is 0.585. The van der Waals surface area contributed by atoms with Crippen molar-refractivity contribution in [3.05, 3.63) is 58.2 Å². The minimum Gasteiger partial charge on any atom is -0.383 e. The zero-order valence-electron chi connectivity index (χ0n) is 10.0. The van der Waals surface area contributed by atoms with Gasteiger partial charge in [0.25, 0.3) is 0 Å². The number of pyridine rings is 1.